The quantitative estimate of drug-likeness (QED) is 0.723. The molecule has 84 valence electrons. The lowest BCUT2D eigenvalue weighted by Gasteiger charge is -2.13. The topological polar surface area (TPSA) is 21.3 Å². The standard InChI is InChI=1S/C13H21NO/c1-11-4-6-13(7-5-11)12(2)10-14-8-9-15-3/h4-7,12,14H,8-10H2,1-3H3. The Morgan fingerprint density at radius 3 is 2.53 bits per heavy atom. The summed E-state index contributed by atoms with van der Waals surface area (Å²) in [5.41, 5.74) is 2.71. The molecule has 0 aromatic heterocycles. The Labute approximate surface area is 92.6 Å². The van der Waals surface area contributed by atoms with Gasteiger partial charge >= 0.3 is 0 Å². The van der Waals surface area contributed by atoms with E-state index >= 15 is 0 Å². The Morgan fingerprint density at radius 1 is 1.27 bits per heavy atom. The van der Waals surface area contributed by atoms with Gasteiger partial charge in [0.2, 0.25) is 0 Å². The number of rotatable bonds is 6. The third-order valence-corrected chi connectivity index (χ3v) is 2.58. The zero-order valence-electron chi connectivity index (χ0n) is 9.92. The maximum Gasteiger partial charge on any atom is 0.0587 e. The highest BCUT2D eigenvalue weighted by Gasteiger charge is 2.03. The minimum atomic E-state index is 0.558. The molecule has 1 N–H and O–H groups in total. The lowest BCUT2D eigenvalue weighted by atomic mass is 10.0. The van der Waals surface area contributed by atoms with Crippen molar-refractivity contribution in [2.45, 2.75) is 19.8 Å². The number of benzene rings is 1. The number of hydrogen-bond acceptors (Lipinski definition) is 2. The van der Waals surface area contributed by atoms with E-state index in [0.717, 1.165) is 19.7 Å². The molecule has 1 rings (SSSR count). The molecule has 1 unspecified atom stereocenters. The molecule has 0 spiro atoms. The molecule has 15 heavy (non-hydrogen) atoms. The van der Waals surface area contributed by atoms with Crippen LogP contribution in [-0.4, -0.2) is 26.8 Å². The van der Waals surface area contributed by atoms with E-state index in [1.54, 1.807) is 7.11 Å². The molecule has 0 saturated carbocycles. The Balaban J connectivity index is 2.33. The van der Waals surface area contributed by atoms with Crippen LogP contribution in [0.2, 0.25) is 0 Å². The molecule has 1 aromatic rings. The van der Waals surface area contributed by atoms with Crippen molar-refractivity contribution in [3.8, 4) is 0 Å². The van der Waals surface area contributed by atoms with E-state index in [4.69, 9.17) is 4.74 Å². The average molecular weight is 207 g/mol. The van der Waals surface area contributed by atoms with Crippen molar-refractivity contribution in [2.75, 3.05) is 26.8 Å². The van der Waals surface area contributed by atoms with Gasteiger partial charge in [-0.15, -0.1) is 0 Å². The molecule has 0 radical (unpaired) electrons. The fraction of sp³-hybridized carbons (Fsp3) is 0.538. The number of ether oxygens (including phenoxy) is 1. The highest BCUT2D eigenvalue weighted by molar-refractivity contribution is 5.24. The average Bonchev–Trinajstić information content (AvgIpc) is 2.25. The maximum absolute atomic E-state index is 4.98. The molecule has 0 aliphatic carbocycles. The largest absolute Gasteiger partial charge is 0.383 e. The van der Waals surface area contributed by atoms with Crippen LogP contribution in [0.15, 0.2) is 24.3 Å². The van der Waals surface area contributed by atoms with Gasteiger partial charge in [-0.2, -0.15) is 0 Å². The second-order valence-corrected chi connectivity index (χ2v) is 4.01. The number of nitrogens with one attached hydrogen (secondary N) is 1. The third kappa shape index (κ3) is 4.45. The summed E-state index contributed by atoms with van der Waals surface area (Å²) in [4.78, 5) is 0. The molecule has 1 aromatic carbocycles. The van der Waals surface area contributed by atoms with E-state index in [1.807, 2.05) is 0 Å². The van der Waals surface area contributed by atoms with Crippen LogP contribution in [-0.2, 0) is 4.74 Å². The van der Waals surface area contributed by atoms with Crippen molar-refractivity contribution in [1.29, 1.82) is 0 Å². The second kappa shape index (κ2) is 6.59. The fourth-order valence-electron chi connectivity index (χ4n) is 1.51. The van der Waals surface area contributed by atoms with Gasteiger partial charge in [0.1, 0.15) is 0 Å². The van der Waals surface area contributed by atoms with Gasteiger partial charge in [0.05, 0.1) is 6.61 Å². The van der Waals surface area contributed by atoms with Gasteiger partial charge in [-0.25, -0.2) is 0 Å². The summed E-state index contributed by atoms with van der Waals surface area (Å²) in [6.07, 6.45) is 0. The van der Waals surface area contributed by atoms with Gasteiger partial charge in [-0.1, -0.05) is 36.8 Å². The van der Waals surface area contributed by atoms with Crippen molar-refractivity contribution in [1.82, 2.24) is 5.32 Å². The van der Waals surface area contributed by atoms with Crippen LogP contribution in [0.25, 0.3) is 0 Å². The molecule has 2 heteroatoms. The van der Waals surface area contributed by atoms with Crippen LogP contribution >= 0.6 is 0 Å². The SMILES string of the molecule is COCCNCC(C)c1ccc(C)cc1. The van der Waals surface area contributed by atoms with Gasteiger partial charge in [-0.05, 0) is 18.4 Å². The van der Waals surface area contributed by atoms with Gasteiger partial charge in [-0.3, -0.25) is 0 Å². The molecule has 0 aliphatic heterocycles. The monoisotopic (exact) mass is 207 g/mol. The van der Waals surface area contributed by atoms with E-state index in [1.165, 1.54) is 11.1 Å². The van der Waals surface area contributed by atoms with Crippen LogP contribution in [0.4, 0.5) is 0 Å². The zero-order chi connectivity index (χ0) is 11.1. The molecule has 0 bridgehead atoms. The number of aryl methyl sites for hydroxylation is 1. The highest BCUT2D eigenvalue weighted by Crippen LogP contribution is 2.14. The minimum absolute atomic E-state index is 0.558. The first kappa shape index (κ1) is 12.2. The van der Waals surface area contributed by atoms with Crippen LogP contribution in [0, 0.1) is 6.92 Å². The van der Waals surface area contributed by atoms with Gasteiger partial charge < -0.3 is 10.1 Å². The maximum atomic E-state index is 4.98. The molecule has 1 atom stereocenters. The van der Waals surface area contributed by atoms with E-state index in [0.29, 0.717) is 5.92 Å². The van der Waals surface area contributed by atoms with Gasteiger partial charge in [0.15, 0.2) is 0 Å². The molecule has 0 saturated heterocycles. The van der Waals surface area contributed by atoms with Gasteiger partial charge in [0, 0.05) is 20.2 Å². The predicted molar refractivity (Wildman–Crippen MR) is 64.3 cm³/mol. The summed E-state index contributed by atoms with van der Waals surface area (Å²) >= 11 is 0. The van der Waals surface area contributed by atoms with Gasteiger partial charge in [0.25, 0.3) is 0 Å². The van der Waals surface area contributed by atoms with E-state index in [9.17, 15) is 0 Å². The Morgan fingerprint density at radius 2 is 1.93 bits per heavy atom. The van der Waals surface area contributed by atoms with Crippen molar-refractivity contribution < 1.29 is 4.74 Å². The van der Waals surface area contributed by atoms with Crippen LogP contribution < -0.4 is 5.32 Å². The lowest BCUT2D eigenvalue weighted by molar-refractivity contribution is 0.199. The molecular formula is C13H21NO. The summed E-state index contributed by atoms with van der Waals surface area (Å²) in [5.74, 6) is 0.558. The summed E-state index contributed by atoms with van der Waals surface area (Å²) in [5, 5.41) is 3.37. The first-order valence-corrected chi connectivity index (χ1v) is 5.50. The van der Waals surface area contributed by atoms with Crippen LogP contribution in [0.1, 0.15) is 24.0 Å². The number of hydrogen-bond donors (Lipinski definition) is 1. The summed E-state index contributed by atoms with van der Waals surface area (Å²) in [7, 11) is 1.73. The normalized spacial score (nSPS) is 12.7. The Hall–Kier alpha value is -0.860. The van der Waals surface area contributed by atoms with Crippen LogP contribution in [0.5, 0.6) is 0 Å². The van der Waals surface area contributed by atoms with E-state index in [2.05, 4.69) is 43.4 Å². The Bertz CT molecular complexity index is 268. The van der Waals surface area contributed by atoms with E-state index < -0.39 is 0 Å². The zero-order valence-corrected chi connectivity index (χ0v) is 9.92. The smallest absolute Gasteiger partial charge is 0.0587 e. The van der Waals surface area contributed by atoms with Crippen molar-refractivity contribution in [2.24, 2.45) is 0 Å². The first-order valence-electron chi connectivity index (χ1n) is 5.50. The fourth-order valence-corrected chi connectivity index (χ4v) is 1.51. The van der Waals surface area contributed by atoms with Crippen LogP contribution in [0.3, 0.4) is 0 Å². The second-order valence-electron chi connectivity index (χ2n) is 4.01. The Kier molecular flexibility index (Phi) is 5.37. The lowest BCUT2D eigenvalue weighted by Crippen LogP contribution is -2.23. The van der Waals surface area contributed by atoms with Crippen molar-refractivity contribution in [3.05, 3.63) is 35.4 Å². The number of methoxy groups -OCH3 is 1. The predicted octanol–water partition coefficient (Wildman–Crippen LogP) is 2.33. The summed E-state index contributed by atoms with van der Waals surface area (Å²) < 4.78 is 4.98. The summed E-state index contributed by atoms with van der Waals surface area (Å²) in [6, 6.07) is 8.75. The summed E-state index contributed by atoms with van der Waals surface area (Å²) in [6.45, 7) is 7.06. The minimum Gasteiger partial charge on any atom is -0.383 e. The highest BCUT2D eigenvalue weighted by atomic mass is 16.5. The molecular weight excluding hydrogens is 186 g/mol. The first-order chi connectivity index (χ1) is 7.24. The van der Waals surface area contributed by atoms with Crippen molar-refractivity contribution in [3.63, 3.8) is 0 Å². The molecule has 2 nitrogen and oxygen atoms in total. The van der Waals surface area contributed by atoms with Crippen molar-refractivity contribution >= 4 is 0 Å². The molecule has 0 amide bonds. The molecule has 0 fully saturated rings. The molecule has 0 aliphatic rings. The third-order valence-electron chi connectivity index (χ3n) is 2.58. The van der Waals surface area contributed by atoms with E-state index in [-0.39, 0.29) is 0 Å². The molecule has 0 heterocycles.